The maximum absolute atomic E-state index is 5.84. The Hall–Kier alpha value is -0.950. The number of aromatic nitrogens is 1. The predicted molar refractivity (Wildman–Crippen MR) is 59.9 cm³/mol. The number of nitrogens with one attached hydrogen (secondary N) is 1. The van der Waals surface area contributed by atoms with Crippen molar-refractivity contribution in [2.75, 3.05) is 0 Å². The highest BCUT2D eigenvalue weighted by Gasteiger charge is 2.09. The van der Waals surface area contributed by atoms with Crippen LogP contribution < -0.4 is 0 Å². The second-order valence-electron chi connectivity index (χ2n) is 3.32. The normalized spacial score (nSPS) is 10.5. The lowest BCUT2D eigenvalue weighted by Crippen LogP contribution is -1.85. The molecular formula is C11H14ClN. The zero-order chi connectivity index (χ0) is 10.0. The molecule has 0 aliphatic rings. The molecule has 0 atom stereocenters. The van der Waals surface area contributed by atoms with Gasteiger partial charge in [0.15, 0.2) is 0 Å². The molecule has 0 spiro atoms. The molecule has 0 radical (unpaired) electrons. The zero-order valence-electron chi connectivity index (χ0n) is 8.02. The maximum Gasteiger partial charge on any atom is 0.0465 e. The van der Waals surface area contributed by atoms with Crippen molar-refractivity contribution in [2.24, 2.45) is 0 Å². The van der Waals surface area contributed by atoms with Crippen molar-refractivity contribution in [3.63, 3.8) is 0 Å². The fourth-order valence-electron chi connectivity index (χ4n) is 1.19. The van der Waals surface area contributed by atoms with Crippen LogP contribution in [0.2, 0.25) is 0 Å². The fourth-order valence-corrected chi connectivity index (χ4v) is 1.34. The van der Waals surface area contributed by atoms with E-state index < -0.39 is 0 Å². The number of halogens is 1. The first-order valence-corrected chi connectivity index (χ1v) is 4.64. The Morgan fingerprint density at radius 2 is 2.23 bits per heavy atom. The van der Waals surface area contributed by atoms with E-state index in [2.05, 4.69) is 32.0 Å². The first-order valence-electron chi connectivity index (χ1n) is 4.26. The molecular weight excluding hydrogens is 182 g/mol. The Labute approximate surface area is 84.1 Å². The van der Waals surface area contributed by atoms with Gasteiger partial charge in [-0.25, -0.2) is 0 Å². The quantitative estimate of drug-likeness (QED) is 0.751. The van der Waals surface area contributed by atoms with E-state index in [9.17, 15) is 0 Å². The predicted octanol–water partition coefficient (Wildman–Crippen LogP) is 3.99. The summed E-state index contributed by atoms with van der Waals surface area (Å²) < 4.78 is 0. The van der Waals surface area contributed by atoms with Crippen molar-refractivity contribution in [1.82, 2.24) is 4.98 Å². The lowest BCUT2D eigenvalue weighted by atomic mass is 10.1. The van der Waals surface area contributed by atoms with Crippen LogP contribution in [0.5, 0.6) is 0 Å². The largest absolute Gasteiger partial charge is 0.358 e. The first-order chi connectivity index (χ1) is 6.06. The minimum atomic E-state index is 0.462. The van der Waals surface area contributed by atoms with Gasteiger partial charge in [0.1, 0.15) is 0 Å². The minimum absolute atomic E-state index is 0.462. The summed E-state index contributed by atoms with van der Waals surface area (Å²) in [5, 5.41) is 0.554. The molecule has 70 valence electrons. The van der Waals surface area contributed by atoms with Gasteiger partial charge < -0.3 is 4.98 Å². The molecule has 1 N–H and O–H groups in total. The molecule has 0 saturated heterocycles. The van der Waals surface area contributed by atoms with Gasteiger partial charge in [-0.1, -0.05) is 38.6 Å². The molecule has 0 unspecified atom stereocenters. The summed E-state index contributed by atoms with van der Waals surface area (Å²) in [6, 6.07) is 2.02. The summed E-state index contributed by atoms with van der Waals surface area (Å²) in [5.74, 6) is 0.462. The molecule has 0 amide bonds. The average Bonchev–Trinajstić information content (AvgIpc) is 2.47. The van der Waals surface area contributed by atoms with Crippen molar-refractivity contribution >= 4 is 22.7 Å². The Morgan fingerprint density at radius 1 is 1.62 bits per heavy atom. The van der Waals surface area contributed by atoms with E-state index in [0.717, 1.165) is 17.0 Å². The molecule has 0 aliphatic carbocycles. The van der Waals surface area contributed by atoms with Crippen LogP contribution in [-0.2, 0) is 0 Å². The van der Waals surface area contributed by atoms with Gasteiger partial charge in [-0.15, -0.1) is 0 Å². The van der Waals surface area contributed by atoms with Crippen molar-refractivity contribution in [3.05, 3.63) is 36.2 Å². The van der Waals surface area contributed by atoms with Crippen LogP contribution in [0.3, 0.4) is 0 Å². The van der Waals surface area contributed by atoms with Crippen LogP contribution in [-0.4, -0.2) is 4.98 Å². The lowest BCUT2D eigenvalue weighted by molar-refractivity contribution is 0.832. The van der Waals surface area contributed by atoms with Gasteiger partial charge in [0.25, 0.3) is 0 Å². The molecule has 1 rings (SSSR count). The molecule has 2 heteroatoms. The molecule has 1 aromatic heterocycles. The standard InChI is InChI=1S/C11H14ClN/c1-5-10-9(8(4)12)6-11(13-10)7(2)3/h5-7,13H,1,4H2,2-3H3. The number of rotatable bonds is 3. The van der Waals surface area contributed by atoms with E-state index >= 15 is 0 Å². The van der Waals surface area contributed by atoms with Gasteiger partial charge in [-0.05, 0) is 18.1 Å². The Morgan fingerprint density at radius 3 is 2.54 bits per heavy atom. The smallest absolute Gasteiger partial charge is 0.0465 e. The molecule has 1 heterocycles. The van der Waals surface area contributed by atoms with Crippen LogP contribution in [0.4, 0.5) is 0 Å². The topological polar surface area (TPSA) is 15.8 Å². The Kier molecular flexibility index (Phi) is 2.99. The van der Waals surface area contributed by atoms with E-state index in [1.165, 1.54) is 0 Å². The van der Waals surface area contributed by atoms with Gasteiger partial charge in [-0.3, -0.25) is 0 Å². The van der Waals surface area contributed by atoms with Crippen molar-refractivity contribution in [1.29, 1.82) is 0 Å². The van der Waals surface area contributed by atoms with E-state index in [1.54, 1.807) is 6.08 Å². The maximum atomic E-state index is 5.84. The third kappa shape index (κ3) is 2.04. The van der Waals surface area contributed by atoms with Gasteiger partial charge in [0, 0.05) is 22.0 Å². The third-order valence-corrected chi connectivity index (χ3v) is 2.19. The minimum Gasteiger partial charge on any atom is -0.358 e. The van der Waals surface area contributed by atoms with Crippen LogP contribution in [0, 0.1) is 0 Å². The number of aromatic amines is 1. The first kappa shape index (κ1) is 10.1. The Bertz CT molecular complexity index is 334. The van der Waals surface area contributed by atoms with E-state index in [0.29, 0.717) is 11.0 Å². The molecule has 1 aromatic rings. The van der Waals surface area contributed by atoms with E-state index in [-0.39, 0.29) is 0 Å². The summed E-state index contributed by atoms with van der Waals surface area (Å²) in [6.07, 6.45) is 1.76. The van der Waals surface area contributed by atoms with Gasteiger partial charge >= 0.3 is 0 Å². The second-order valence-corrected chi connectivity index (χ2v) is 3.77. The highest BCUT2D eigenvalue weighted by Crippen LogP contribution is 2.26. The number of hydrogen-bond acceptors (Lipinski definition) is 0. The summed E-state index contributed by atoms with van der Waals surface area (Å²) >= 11 is 5.84. The second kappa shape index (κ2) is 3.84. The van der Waals surface area contributed by atoms with Crippen molar-refractivity contribution < 1.29 is 0 Å². The summed E-state index contributed by atoms with van der Waals surface area (Å²) in [5.41, 5.74) is 3.05. The zero-order valence-corrected chi connectivity index (χ0v) is 8.78. The molecule has 13 heavy (non-hydrogen) atoms. The summed E-state index contributed by atoms with van der Waals surface area (Å²) in [6.45, 7) is 11.7. The lowest BCUT2D eigenvalue weighted by Gasteiger charge is -1.98. The van der Waals surface area contributed by atoms with Crippen LogP contribution >= 0.6 is 11.6 Å². The van der Waals surface area contributed by atoms with Crippen LogP contribution in [0.25, 0.3) is 11.1 Å². The van der Waals surface area contributed by atoms with Crippen LogP contribution in [0.1, 0.15) is 36.7 Å². The van der Waals surface area contributed by atoms with Gasteiger partial charge in [0.05, 0.1) is 0 Å². The molecule has 1 nitrogen and oxygen atoms in total. The van der Waals surface area contributed by atoms with Gasteiger partial charge in [-0.2, -0.15) is 0 Å². The third-order valence-electron chi connectivity index (χ3n) is 1.99. The van der Waals surface area contributed by atoms with E-state index in [4.69, 9.17) is 11.6 Å². The fraction of sp³-hybridized carbons (Fsp3) is 0.273. The molecule has 0 bridgehead atoms. The van der Waals surface area contributed by atoms with Gasteiger partial charge in [0.2, 0.25) is 0 Å². The monoisotopic (exact) mass is 195 g/mol. The van der Waals surface area contributed by atoms with E-state index in [1.807, 2.05) is 6.07 Å². The highest BCUT2D eigenvalue weighted by atomic mass is 35.5. The molecule has 0 aliphatic heterocycles. The van der Waals surface area contributed by atoms with Crippen molar-refractivity contribution in [3.8, 4) is 0 Å². The highest BCUT2D eigenvalue weighted by molar-refractivity contribution is 6.48. The molecule has 0 aromatic carbocycles. The number of H-pyrrole nitrogens is 1. The summed E-state index contributed by atoms with van der Waals surface area (Å²) in [7, 11) is 0. The Balaban J connectivity index is 3.19. The van der Waals surface area contributed by atoms with Crippen LogP contribution in [0.15, 0.2) is 19.2 Å². The average molecular weight is 196 g/mol. The summed E-state index contributed by atoms with van der Waals surface area (Å²) in [4.78, 5) is 3.25. The molecule has 0 fully saturated rings. The SMILES string of the molecule is C=Cc1[nH]c(C(C)C)cc1C(=C)Cl. The molecule has 0 saturated carbocycles. The van der Waals surface area contributed by atoms with Crippen molar-refractivity contribution in [2.45, 2.75) is 19.8 Å². The number of hydrogen-bond donors (Lipinski definition) is 1.